The van der Waals surface area contributed by atoms with Gasteiger partial charge in [0.1, 0.15) is 17.9 Å². The molecule has 16 heavy (non-hydrogen) atoms. The maximum atomic E-state index is 5.88. The van der Waals surface area contributed by atoms with Crippen molar-refractivity contribution in [2.24, 2.45) is 0 Å². The van der Waals surface area contributed by atoms with Crippen molar-refractivity contribution in [3.05, 3.63) is 48.7 Å². The molecule has 0 saturated heterocycles. The Morgan fingerprint density at radius 2 is 2.25 bits per heavy atom. The summed E-state index contributed by atoms with van der Waals surface area (Å²) in [5.41, 5.74) is 1.92. The van der Waals surface area contributed by atoms with E-state index in [9.17, 15) is 0 Å². The van der Waals surface area contributed by atoms with Crippen LogP contribution in [0, 0.1) is 0 Å². The van der Waals surface area contributed by atoms with Crippen LogP contribution in [0.3, 0.4) is 0 Å². The molecule has 0 unspecified atom stereocenters. The minimum atomic E-state index is 0.476. The van der Waals surface area contributed by atoms with E-state index < -0.39 is 0 Å². The fourth-order valence-corrected chi connectivity index (χ4v) is 1.82. The molecule has 2 rings (SSSR count). The number of alkyl halides is 1. The second-order valence-electron chi connectivity index (χ2n) is 3.36. The van der Waals surface area contributed by atoms with E-state index in [-0.39, 0.29) is 0 Å². The molecule has 0 spiro atoms. The average molecular weight is 234 g/mol. The van der Waals surface area contributed by atoms with Crippen LogP contribution in [0.15, 0.2) is 43.1 Å². The average Bonchev–Trinajstić information content (AvgIpc) is 2.36. The van der Waals surface area contributed by atoms with Crippen LogP contribution in [0.5, 0.6) is 5.75 Å². The first-order valence-electron chi connectivity index (χ1n) is 5.03. The van der Waals surface area contributed by atoms with Crippen LogP contribution in [0.4, 0.5) is 0 Å². The summed E-state index contributed by atoms with van der Waals surface area (Å²) in [6.45, 7) is 4.10. The van der Waals surface area contributed by atoms with E-state index in [1.165, 1.54) is 0 Å². The Kier molecular flexibility index (Phi) is 3.42. The van der Waals surface area contributed by atoms with Crippen LogP contribution in [-0.2, 0) is 5.88 Å². The van der Waals surface area contributed by atoms with Crippen molar-refractivity contribution in [1.82, 2.24) is 4.98 Å². The minimum Gasteiger partial charge on any atom is -0.487 e. The van der Waals surface area contributed by atoms with E-state index in [1.54, 1.807) is 12.3 Å². The topological polar surface area (TPSA) is 22.1 Å². The predicted molar refractivity (Wildman–Crippen MR) is 67.0 cm³/mol. The number of pyridine rings is 1. The maximum absolute atomic E-state index is 5.88. The summed E-state index contributed by atoms with van der Waals surface area (Å²) in [5, 5.41) is 1.04. The van der Waals surface area contributed by atoms with Gasteiger partial charge in [0.2, 0.25) is 0 Å². The highest BCUT2D eigenvalue weighted by molar-refractivity contribution is 6.18. The first-order chi connectivity index (χ1) is 7.86. The van der Waals surface area contributed by atoms with Crippen LogP contribution in [0.25, 0.3) is 10.9 Å². The number of hydrogen-bond donors (Lipinski definition) is 0. The largest absolute Gasteiger partial charge is 0.487 e. The van der Waals surface area contributed by atoms with Crippen molar-refractivity contribution in [3.63, 3.8) is 0 Å². The monoisotopic (exact) mass is 233 g/mol. The van der Waals surface area contributed by atoms with Gasteiger partial charge in [-0.2, -0.15) is 0 Å². The lowest BCUT2D eigenvalue weighted by molar-refractivity contribution is 0.367. The van der Waals surface area contributed by atoms with Gasteiger partial charge in [0.15, 0.2) is 0 Å². The normalized spacial score (nSPS) is 10.3. The Labute approximate surface area is 99.5 Å². The second-order valence-corrected chi connectivity index (χ2v) is 3.62. The Bertz CT molecular complexity index is 510. The lowest BCUT2D eigenvalue weighted by atomic mass is 10.1. The molecule has 0 aliphatic heterocycles. The van der Waals surface area contributed by atoms with Gasteiger partial charge in [-0.1, -0.05) is 24.8 Å². The quantitative estimate of drug-likeness (QED) is 0.595. The molecule has 2 aromatic rings. The molecule has 3 heteroatoms. The maximum Gasteiger partial charge on any atom is 0.146 e. The predicted octanol–water partition coefficient (Wildman–Crippen LogP) is 3.54. The summed E-state index contributed by atoms with van der Waals surface area (Å²) < 4.78 is 5.54. The van der Waals surface area contributed by atoms with Crippen molar-refractivity contribution in [2.45, 2.75) is 5.88 Å². The van der Waals surface area contributed by atoms with E-state index >= 15 is 0 Å². The zero-order chi connectivity index (χ0) is 11.4. The van der Waals surface area contributed by atoms with Crippen LogP contribution < -0.4 is 4.74 Å². The SMILES string of the molecule is C=CCOc1ccc(CCl)c2cccnc12. The van der Waals surface area contributed by atoms with Crippen molar-refractivity contribution in [1.29, 1.82) is 0 Å². The highest BCUT2D eigenvalue weighted by Gasteiger charge is 2.06. The number of benzene rings is 1. The molecule has 82 valence electrons. The van der Waals surface area contributed by atoms with Gasteiger partial charge in [-0.3, -0.25) is 4.98 Å². The van der Waals surface area contributed by atoms with Crippen molar-refractivity contribution in [2.75, 3.05) is 6.61 Å². The summed E-state index contributed by atoms with van der Waals surface area (Å²) in [7, 11) is 0. The van der Waals surface area contributed by atoms with Crippen LogP contribution >= 0.6 is 11.6 Å². The van der Waals surface area contributed by atoms with Crippen LogP contribution in [-0.4, -0.2) is 11.6 Å². The number of nitrogens with zero attached hydrogens (tertiary/aromatic N) is 1. The number of rotatable bonds is 4. The lowest BCUT2D eigenvalue weighted by Gasteiger charge is -2.09. The number of fused-ring (bicyclic) bond motifs is 1. The highest BCUT2D eigenvalue weighted by atomic mass is 35.5. The first kappa shape index (κ1) is 11.0. The van der Waals surface area contributed by atoms with E-state index in [2.05, 4.69) is 11.6 Å². The summed E-state index contributed by atoms with van der Waals surface area (Å²) >= 11 is 5.88. The number of ether oxygens (including phenoxy) is 1. The molecule has 0 fully saturated rings. The van der Waals surface area contributed by atoms with E-state index in [0.717, 1.165) is 22.2 Å². The Hall–Kier alpha value is -1.54. The smallest absolute Gasteiger partial charge is 0.146 e. The molecule has 0 N–H and O–H groups in total. The molecular formula is C13H12ClNO. The first-order valence-corrected chi connectivity index (χ1v) is 5.56. The number of halogens is 1. The fourth-order valence-electron chi connectivity index (χ4n) is 1.59. The van der Waals surface area contributed by atoms with Gasteiger partial charge < -0.3 is 4.74 Å². The van der Waals surface area contributed by atoms with Gasteiger partial charge >= 0.3 is 0 Å². The van der Waals surface area contributed by atoms with Crippen molar-refractivity contribution >= 4 is 22.5 Å². The van der Waals surface area contributed by atoms with E-state index in [1.807, 2.05) is 24.3 Å². The molecular weight excluding hydrogens is 222 g/mol. The summed E-state index contributed by atoms with van der Waals surface area (Å²) in [6.07, 6.45) is 3.46. The highest BCUT2D eigenvalue weighted by Crippen LogP contribution is 2.27. The zero-order valence-electron chi connectivity index (χ0n) is 8.82. The van der Waals surface area contributed by atoms with Gasteiger partial charge in [-0.05, 0) is 17.7 Å². The Morgan fingerprint density at radius 1 is 1.38 bits per heavy atom. The molecule has 0 amide bonds. The molecule has 0 saturated carbocycles. The molecule has 2 nitrogen and oxygen atoms in total. The van der Waals surface area contributed by atoms with Crippen molar-refractivity contribution in [3.8, 4) is 5.75 Å². The Balaban J connectivity index is 2.55. The van der Waals surface area contributed by atoms with E-state index in [0.29, 0.717) is 12.5 Å². The molecule has 1 aromatic heterocycles. The van der Waals surface area contributed by atoms with Gasteiger partial charge in [0, 0.05) is 17.5 Å². The van der Waals surface area contributed by atoms with E-state index in [4.69, 9.17) is 16.3 Å². The molecule has 0 radical (unpaired) electrons. The number of aromatic nitrogens is 1. The summed E-state index contributed by atoms with van der Waals surface area (Å²) in [6, 6.07) is 7.77. The van der Waals surface area contributed by atoms with Crippen molar-refractivity contribution < 1.29 is 4.74 Å². The van der Waals surface area contributed by atoms with Gasteiger partial charge in [-0.25, -0.2) is 0 Å². The number of hydrogen-bond acceptors (Lipinski definition) is 2. The molecule has 1 aromatic carbocycles. The summed E-state index contributed by atoms with van der Waals surface area (Å²) in [4.78, 5) is 4.32. The van der Waals surface area contributed by atoms with Gasteiger partial charge in [-0.15, -0.1) is 11.6 Å². The molecule has 0 atom stereocenters. The standard InChI is InChI=1S/C13H12ClNO/c1-2-8-16-12-6-5-10(9-14)11-4-3-7-15-13(11)12/h2-7H,1,8-9H2. The fraction of sp³-hybridized carbons (Fsp3) is 0.154. The van der Waals surface area contributed by atoms with Crippen LogP contribution in [0.1, 0.15) is 5.56 Å². The zero-order valence-corrected chi connectivity index (χ0v) is 9.57. The third kappa shape index (κ3) is 2.02. The Morgan fingerprint density at radius 3 is 3.00 bits per heavy atom. The third-order valence-electron chi connectivity index (χ3n) is 2.32. The summed E-state index contributed by atoms with van der Waals surface area (Å²) in [5.74, 6) is 1.24. The second kappa shape index (κ2) is 4.99. The molecule has 0 aliphatic carbocycles. The molecule has 1 heterocycles. The van der Waals surface area contributed by atoms with Crippen LogP contribution in [0.2, 0.25) is 0 Å². The third-order valence-corrected chi connectivity index (χ3v) is 2.61. The lowest BCUT2D eigenvalue weighted by Crippen LogP contribution is -1.96. The molecule has 0 bridgehead atoms. The minimum absolute atomic E-state index is 0.476. The van der Waals surface area contributed by atoms with Gasteiger partial charge in [0.25, 0.3) is 0 Å². The van der Waals surface area contributed by atoms with Gasteiger partial charge in [0.05, 0.1) is 0 Å². The molecule has 0 aliphatic rings.